The first-order valence-electron chi connectivity index (χ1n) is 13.2. The third-order valence-corrected chi connectivity index (χ3v) is 9.08. The highest BCUT2D eigenvalue weighted by molar-refractivity contribution is 5.76. The lowest BCUT2D eigenvalue weighted by Gasteiger charge is -2.51. The molecule has 0 fully saturated rings. The molecule has 5 nitrogen and oxygen atoms in total. The van der Waals surface area contributed by atoms with Gasteiger partial charge in [0, 0.05) is 37.1 Å². The molecule has 182 valence electrons. The summed E-state index contributed by atoms with van der Waals surface area (Å²) >= 11 is 0. The van der Waals surface area contributed by atoms with E-state index in [1.54, 1.807) is 17.5 Å². The number of aryl methyl sites for hydroxylation is 2. The Morgan fingerprint density at radius 2 is 1.81 bits per heavy atom. The largest absolute Gasteiger partial charge is 0.313 e. The van der Waals surface area contributed by atoms with E-state index in [2.05, 4.69) is 95.7 Å². The maximum Gasteiger partial charge on any atom is 0.169 e. The average molecular weight is 477 g/mol. The maximum atomic E-state index is 4.52. The summed E-state index contributed by atoms with van der Waals surface area (Å²) in [7, 11) is 4.46. The fourth-order valence-corrected chi connectivity index (χ4v) is 7.71. The molecule has 1 aliphatic carbocycles. The lowest BCUT2D eigenvalue weighted by atomic mass is 9.62. The van der Waals surface area contributed by atoms with Gasteiger partial charge in [-0.15, -0.1) is 0 Å². The second-order valence-electron chi connectivity index (χ2n) is 11.5. The lowest BCUT2D eigenvalue weighted by molar-refractivity contribution is 0.173. The Hall–Kier alpha value is -3.44. The van der Waals surface area contributed by atoms with Crippen LogP contribution in [-0.4, -0.2) is 34.5 Å². The normalized spacial score (nSPS) is 25.5. The average Bonchev–Trinajstić information content (AvgIpc) is 3.39. The van der Waals surface area contributed by atoms with E-state index in [0.717, 1.165) is 42.7 Å². The van der Waals surface area contributed by atoms with E-state index in [-0.39, 0.29) is 5.41 Å². The second kappa shape index (κ2) is 7.78. The quantitative estimate of drug-likeness (QED) is 0.351. The van der Waals surface area contributed by atoms with Crippen molar-refractivity contribution in [1.29, 1.82) is 0 Å². The summed E-state index contributed by atoms with van der Waals surface area (Å²) in [6.07, 6.45) is 6.63. The fraction of sp³-hybridized carbons (Fsp3) is 0.355. The number of hydrogen-bond donors (Lipinski definition) is 0. The highest BCUT2D eigenvalue weighted by atomic mass is 15.5. The molecule has 5 heteroatoms. The number of para-hydroxylation sites is 2. The van der Waals surface area contributed by atoms with Crippen LogP contribution in [0.15, 0.2) is 73.1 Å². The Bertz CT molecular complexity index is 1470. The molecule has 3 aliphatic rings. The first-order valence-corrected chi connectivity index (χ1v) is 13.2. The molecule has 2 bridgehead atoms. The van der Waals surface area contributed by atoms with Crippen molar-refractivity contribution in [3.63, 3.8) is 0 Å². The zero-order chi connectivity index (χ0) is 24.5. The predicted molar refractivity (Wildman–Crippen MR) is 146 cm³/mol. The van der Waals surface area contributed by atoms with Crippen molar-refractivity contribution in [2.45, 2.75) is 50.7 Å². The van der Waals surface area contributed by atoms with Crippen molar-refractivity contribution in [2.75, 3.05) is 18.5 Å². The van der Waals surface area contributed by atoms with Crippen LogP contribution in [0.3, 0.4) is 0 Å². The Morgan fingerprint density at radius 3 is 2.67 bits per heavy atom. The number of hydrogen-bond acceptors (Lipinski definition) is 3. The number of aromatic nitrogens is 3. The van der Waals surface area contributed by atoms with Gasteiger partial charge in [0.05, 0.1) is 13.6 Å². The van der Waals surface area contributed by atoms with Crippen molar-refractivity contribution in [3.05, 3.63) is 95.3 Å². The minimum atomic E-state index is 0.250. The van der Waals surface area contributed by atoms with Crippen LogP contribution in [0.5, 0.6) is 0 Å². The number of benzene rings is 3. The van der Waals surface area contributed by atoms with E-state index in [9.17, 15) is 0 Å². The molecule has 0 saturated heterocycles. The Balaban J connectivity index is 1.22. The number of likely N-dealkylation sites (N-methyl/N-ethyl adjacent to an activating group) is 1. The summed E-state index contributed by atoms with van der Waals surface area (Å²) in [5.74, 6) is 0.945. The van der Waals surface area contributed by atoms with Crippen LogP contribution in [0, 0.1) is 0 Å². The molecule has 3 aromatic carbocycles. The van der Waals surface area contributed by atoms with Crippen LogP contribution >= 0.6 is 0 Å². The summed E-state index contributed by atoms with van der Waals surface area (Å²) in [6, 6.07) is 24.8. The van der Waals surface area contributed by atoms with Gasteiger partial charge in [0.15, 0.2) is 17.7 Å². The minimum absolute atomic E-state index is 0.250. The number of quaternary nitrogens is 1. The topological polar surface area (TPSA) is 34.0 Å². The van der Waals surface area contributed by atoms with Gasteiger partial charge in [0.2, 0.25) is 0 Å². The van der Waals surface area contributed by atoms with Gasteiger partial charge in [0.1, 0.15) is 12.0 Å². The summed E-state index contributed by atoms with van der Waals surface area (Å²) in [5.41, 5.74) is 10.4. The van der Waals surface area contributed by atoms with Crippen molar-refractivity contribution in [1.82, 2.24) is 19.2 Å². The fourth-order valence-electron chi connectivity index (χ4n) is 7.71. The van der Waals surface area contributed by atoms with Crippen LogP contribution in [0.4, 0.5) is 11.4 Å². The first-order chi connectivity index (χ1) is 17.5. The maximum absolute atomic E-state index is 4.52. The molecule has 0 spiro atoms. The van der Waals surface area contributed by atoms with Crippen LogP contribution in [0.2, 0.25) is 0 Å². The molecule has 36 heavy (non-hydrogen) atoms. The number of nitrogens with zero attached hydrogens (tertiary/aromatic N) is 5. The molecule has 0 radical (unpaired) electrons. The monoisotopic (exact) mass is 476 g/mol. The van der Waals surface area contributed by atoms with E-state index in [4.69, 9.17) is 0 Å². The van der Waals surface area contributed by atoms with E-state index < -0.39 is 0 Å². The summed E-state index contributed by atoms with van der Waals surface area (Å²) in [5, 5.41) is 4.30. The van der Waals surface area contributed by atoms with Gasteiger partial charge in [-0.3, -0.25) is 4.48 Å². The van der Waals surface area contributed by atoms with Gasteiger partial charge in [-0.2, -0.15) is 5.10 Å². The molecule has 3 atom stereocenters. The number of fused-ring (bicyclic) bond motifs is 5. The smallest absolute Gasteiger partial charge is 0.169 e. The van der Waals surface area contributed by atoms with Crippen LogP contribution in [0.25, 0.3) is 11.4 Å². The van der Waals surface area contributed by atoms with Crippen LogP contribution in [0.1, 0.15) is 42.0 Å². The third kappa shape index (κ3) is 3.05. The van der Waals surface area contributed by atoms with Gasteiger partial charge in [0.25, 0.3) is 0 Å². The van der Waals surface area contributed by atoms with E-state index in [1.807, 2.05) is 11.7 Å². The first kappa shape index (κ1) is 21.8. The molecule has 3 heterocycles. The zero-order valence-electron chi connectivity index (χ0n) is 21.5. The van der Waals surface area contributed by atoms with Gasteiger partial charge < -0.3 is 4.90 Å². The SMILES string of the molecule is Cn1ncnc1-c1ccccc1CCCC1N2Cc3cccc4c3C(C)(C4)C[N+]1(C)c1ccccc12. The Kier molecular flexibility index (Phi) is 4.71. The molecule has 0 N–H and O–H groups in total. The van der Waals surface area contributed by atoms with Crippen molar-refractivity contribution >= 4 is 11.4 Å². The molecule has 0 saturated carbocycles. The predicted octanol–water partition coefficient (Wildman–Crippen LogP) is 5.62. The lowest BCUT2D eigenvalue weighted by Crippen LogP contribution is -2.64. The number of anilines is 1. The molecule has 1 aromatic heterocycles. The van der Waals surface area contributed by atoms with Crippen LogP contribution in [-0.2, 0) is 31.8 Å². The standard InChI is InChI=1S/C31H34N5/c1-31-18-23-12-8-13-24(29(23)31)19-35-26-15-6-7-16-27(26)36(3,20-31)28(35)17-9-11-22-10-4-5-14-25(22)30-32-21-33-34(30)2/h4-8,10,12-16,21,28H,9,11,17-20H2,1-3H3/q+1. The van der Waals surface area contributed by atoms with Gasteiger partial charge in [-0.1, -0.05) is 54.6 Å². The van der Waals surface area contributed by atoms with E-state index in [0.29, 0.717) is 6.17 Å². The highest BCUT2D eigenvalue weighted by Gasteiger charge is 2.56. The van der Waals surface area contributed by atoms with Crippen molar-refractivity contribution < 1.29 is 0 Å². The van der Waals surface area contributed by atoms with E-state index >= 15 is 0 Å². The minimum Gasteiger partial charge on any atom is -0.313 e. The van der Waals surface area contributed by atoms with Crippen molar-refractivity contribution in [2.24, 2.45) is 7.05 Å². The van der Waals surface area contributed by atoms with Gasteiger partial charge in [-0.05, 0) is 54.5 Å². The summed E-state index contributed by atoms with van der Waals surface area (Å²) < 4.78 is 2.88. The van der Waals surface area contributed by atoms with Gasteiger partial charge in [-0.25, -0.2) is 9.67 Å². The molecule has 2 aliphatic heterocycles. The molecular formula is C31H34N5+. The molecule has 4 aromatic rings. The van der Waals surface area contributed by atoms with E-state index in [1.165, 1.54) is 34.5 Å². The molecule has 7 rings (SSSR count). The van der Waals surface area contributed by atoms with Crippen molar-refractivity contribution in [3.8, 4) is 11.4 Å². The molecular weight excluding hydrogens is 442 g/mol. The third-order valence-electron chi connectivity index (χ3n) is 9.08. The number of rotatable bonds is 5. The molecule has 0 amide bonds. The zero-order valence-corrected chi connectivity index (χ0v) is 21.5. The highest BCUT2D eigenvalue weighted by Crippen LogP contribution is 2.54. The Morgan fingerprint density at radius 1 is 1.00 bits per heavy atom. The second-order valence-corrected chi connectivity index (χ2v) is 11.5. The van der Waals surface area contributed by atoms with Crippen LogP contribution < -0.4 is 9.38 Å². The summed E-state index contributed by atoms with van der Waals surface area (Å²) in [4.78, 5) is 7.24. The Labute approximate surface area is 213 Å². The summed E-state index contributed by atoms with van der Waals surface area (Å²) in [6.45, 7) is 4.67. The van der Waals surface area contributed by atoms with Gasteiger partial charge >= 0.3 is 0 Å². The molecule has 3 unspecified atom stereocenters.